The van der Waals surface area contributed by atoms with Crippen molar-refractivity contribution >= 4 is 53.0 Å². The number of H-pyrrole nitrogens is 1. The van der Waals surface area contributed by atoms with Gasteiger partial charge >= 0.3 is 0 Å². The van der Waals surface area contributed by atoms with Crippen molar-refractivity contribution in [3.63, 3.8) is 0 Å². The van der Waals surface area contributed by atoms with E-state index in [2.05, 4.69) is 80.4 Å². The van der Waals surface area contributed by atoms with Crippen LogP contribution in [0.5, 0.6) is 0 Å². The van der Waals surface area contributed by atoms with Crippen LogP contribution in [0.15, 0.2) is 54.7 Å². The fraction of sp³-hybridized carbons (Fsp3) is 0.429. The number of rotatable bonds is 17. The van der Waals surface area contributed by atoms with E-state index in [0.717, 1.165) is 80.1 Å². The lowest BCUT2D eigenvalue weighted by Gasteiger charge is -2.17. The van der Waals surface area contributed by atoms with Crippen LogP contribution in [0.1, 0.15) is 105 Å². The van der Waals surface area contributed by atoms with Crippen molar-refractivity contribution in [3.05, 3.63) is 77.2 Å². The van der Waals surface area contributed by atoms with Gasteiger partial charge in [-0.15, -0.1) is 0 Å². The molecule has 1 saturated heterocycles. The molecule has 12 nitrogen and oxygen atoms in total. The monoisotopic (exact) mass is 735 g/mol. The van der Waals surface area contributed by atoms with Crippen LogP contribution in [0.2, 0.25) is 0 Å². The highest BCUT2D eigenvalue weighted by atomic mass is 16.2. The molecule has 2 amide bonds. The summed E-state index contributed by atoms with van der Waals surface area (Å²) in [5.41, 5.74) is 6.18. The smallest absolute Gasteiger partial charge is 0.213 e. The van der Waals surface area contributed by atoms with Crippen LogP contribution in [-0.4, -0.2) is 85.4 Å². The molecule has 3 aromatic heterocycles. The van der Waals surface area contributed by atoms with Crippen molar-refractivity contribution in [3.8, 4) is 11.8 Å². The minimum Gasteiger partial charge on any atom is -0.384 e. The van der Waals surface area contributed by atoms with Crippen LogP contribution in [-0.2, 0) is 9.59 Å². The number of likely N-dealkylation sites (tertiary alicyclic amines) is 1. The summed E-state index contributed by atoms with van der Waals surface area (Å²) in [7, 11) is 6.15. The summed E-state index contributed by atoms with van der Waals surface area (Å²) < 4.78 is 0. The van der Waals surface area contributed by atoms with E-state index >= 15 is 0 Å². The summed E-state index contributed by atoms with van der Waals surface area (Å²) in [6.45, 7) is 6.96. The minimum absolute atomic E-state index is 0.312. The molecule has 1 aliphatic heterocycles. The number of hydrogen-bond donors (Lipinski definition) is 5. The van der Waals surface area contributed by atoms with Gasteiger partial charge in [0.15, 0.2) is 0 Å². The summed E-state index contributed by atoms with van der Waals surface area (Å²) in [4.78, 5) is 46.2. The molecule has 1 aliphatic rings. The number of carbonyl (C=O) groups is 3. The summed E-state index contributed by atoms with van der Waals surface area (Å²) in [5.74, 6) is 8.34. The van der Waals surface area contributed by atoms with Crippen LogP contribution >= 0.6 is 0 Å². The number of unbranched alkanes of at least 4 members (excludes halogenated alkanes) is 5. The molecule has 0 radical (unpaired) electrons. The highest BCUT2D eigenvalue weighted by Crippen LogP contribution is 2.32. The SMILES string of the molecule is CCCN(C)c1cccc(C#CCCCCCCCNc2cc(C=O)ccc2C(C)=N)n1.CNc1cc2[nH]c(C3CCCN3C)cc2cn1.O=CNC=O. The largest absolute Gasteiger partial charge is 0.384 e. The molecule has 0 bridgehead atoms. The van der Waals surface area contributed by atoms with Gasteiger partial charge in [-0.2, -0.15) is 0 Å². The number of anilines is 3. The van der Waals surface area contributed by atoms with Crippen molar-refractivity contribution < 1.29 is 14.4 Å². The number of nitrogens with one attached hydrogen (secondary N) is 5. The van der Waals surface area contributed by atoms with Crippen LogP contribution in [0, 0.1) is 17.3 Å². The number of aromatic nitrogens is 3. The van der Waals surface area contributed by atoms with Gasteiger partial charge in [-0.1, -0.05) is 50.3 Å². The number of benzene rings is 1. The maximum absolute atomic E-state index is 11.0. The fourth-order valence-electron chi connectivity index (χ4n) is 6.20. The van der Waals surface area contributed by atoms with Crippen molar-refractivity contribution in [1.29, 1.82) is 5.41 Å². The van der Waals surface area contributed by atoms with Gasteiger partial charge in [-0.25, -0.2) is 9.97 Å². The van der Waals surface area contributed by atoms with Gasteiger partial charge in [0.1, 0.15) is 23.6 Å². The standard InChI is InChI=1S/C27H36N4O.C13H18N4.C2H3NO2/c1-4-19-31(3)27-15-12-14-24(30-27)13-10-8-6-5-7-9-11-18-29-26-20-23(21-32)16-17-25(26)22(2)28;1-14-13-7-10-9(8-15-13)6-11(16-10)12-4-3-5-17(12)2;4-1-3-2-5/h12,14-17,20-21,28-29H,4-9,11,18-19H2,1-3H3;6-8,12,16H,3-5H2,1-2H3,(H,14,15);1-2H,(H,3,4,5). The molecular formula is C42H57N9O3. The predicted octanol–water partition coefficient (Wildman–Crippen LogP) is 7.19. The third-order valence-electron chi connectivity index (χ3n) is 9.08. The lowest BCUT2D eigenvalue weighted by molar-refractivity contribution is -0.117. The Morgan fingerprint density at radius 3 is 2.52 bits per heavy atom. The zero-order chi connectivity index (χ0) is 39.1. The molecule has 288 valence electrons. The molecule has 1 unspecified atom stereocenters. The van der Waals surface area contributed by atoms with E-state index in [-0.39, 0.29) is 0 Å². The van der Waals surface area contributed by atoms with Crippen molar-refractivity contribution in [2.45, 2.75) is 77.7 Å². The lowest BCUT2D eigenvalue weighted by atomic mass is 10.1. The number of hydrogen-bond acceptors (Lipinski definition) is 10. The highest BCUT2D eigenvalue weighted by Gasteiger charge is 2.24. The summed E-state index contributed by atoms with van der Waals surface area (Å²) in [6.07, 6.45) is 13.6. The molecule has 5 N–H and O–H groups in total. The molecule has 54 heavy (non-hydrogen) atoms. The van der Waals surface area contributed by atoms with E-state index in [1.807, 2.05) is 43.6 Å². The molecule has 1 aromatic carbocycles. The third kappa shape index (κ3) is 14.1. The van der Waals surface area contributed by atoms with Gasteiger partial charge in [0.05, 0.1) is 5.52 Å². The van der Waals surface area contributed by atoms with E-state index in [1.165, 1.54) is 48.8 Å². The second-order valence-corrected chi connectivity index (χ2v) is 13.3. The van der Waals surface area contributed by atoms with E-state index in [9.17, 15) is 4.79 Å². The van der Waals surface area contributed by atoms with E-state index < -0.39 is 0 Å². The lowest BCUT2D eigenvalue weighted by Crippen LogP contribution is -2.19. The van der Waals surface area contributed by atoms with E-state index in [0.29, 0.717) is 30.1 Å². The van der Waals surface area contributed by atoms with Gasteiger partial charge in [-0.05, 0) is 82.8 Å². The summed E-state index contributed by atoms with van der Waals surface area (Å²) in [5, 5.41) is 17.3. The van der Waals surface area contributed by atoms with Crippen molar-refractivity contribution in [2.75, 3.05) is 56.3 Å². The second-order valence-electron chi connectivity index (χ2n) is 13.3. The second kappa shape index (κ2) is 23.9. The molecular weight excluding hydrogens is 679 g/mol. The van der Waals surface area contributed by atoms with Crippen LogP contribution < -0.4 is 20.9 Å². The van der Waals surface area contributed by atoms with E-state index in [4.69, 9.17) is 15.0 Å². The predicted molar refractivity (Wildman–Crippen MR) is 221 cm³/mol. The normalized spacial score (nSPS) is 13.2. The van der Waals surface area contributed by atoms with Crippen LogP contribution in [0.4, 0.5) is 17.3 Å². The first-order chi connectivity index (χ1) is 26.2. The average Bonchev–Trinajstić information content (AvgIpc) is 3.81. The maximum Gasteiger partial charge on any atom is 0.213 e. The molecule has 12 heteroatoms. The quantitative estimate of drug-likeness (QED) is 0.0327. The molecule has 0 spiro atoms. The highest BCUT2D eigenvalue weighted by molar-refractivity contribution is 6.02. The number of aldehydes is 1. The maximum atomic E-state index is 11.0. The Morgan fingerprint density at radius 2 is 1.85 bits per heavy atom. The minimum atomic E-state index is 0.312. The van der Waals surface area contributed by atoms with Crippen LogP contribution in [0.3, 0.4) is 0 Å². The number of pyridine rings is 2. The van der Waals surface area contributed by atoms with Crippen molar-refractivity contribution in [1.82, 2.24) is 25.2 Å². The number of nitrogens with zero attached hydrogens (tertiary/aromatic N) is 4. The van der Waals surface area contributed by atoms with Gasteiger partial charge in [-0.3, -0.25) is 19.3 Å². The van der Waals surface area contributed by atoms with Crippen molar-refractivity contribution in [2.24, 2.45) is 0 Å². The summed E-state index contributed by atoms with van der Waals surface area (Å²) >= 11 is 0. The molecule has 5 rings (SSSR count). The fourth-order valence-corrected chi connectivity index (χ4v) is 6.20. The molecule has 1 fully saturated rings. The van der Waals surface area contributed by atoms with Gasteiger partial charge < -0.3 is 31.2 Å². The van der Waals surface area contributed by atoms with Gasteiger partial charge in [0.2, 0.25) is 12.8 Å². The number of aromatic amines is 1. The van der Waals surface area contributed by atoms with Gasteiger partial charge in [0, 0.05) is 85.5 Å². The van der Waals surface area contributed by atoms with Crippen LogP contribution in [0.25, 0.3) is 10.9 Å². The Bertz CT molecular complexity index is 1840. The molecule has 0 saturated carbocycles. The Kier molecular flexibility index (Phi) is 19.0. The third-order valence-corrected chi connectivity index (χ3v) is 9.08. The molecule has 4 heterocycles. The number of imide groups is 1. The molecule has 0 aliphatic carbocycles. The Hall–Kier alpha value is -5.54. The topological polar surface area (TPSA) is 159 Å². The summed E-state index contributed by atoms with van der Waals surface area (Å²) in [6, 6.07) is 16.3. The number of fused-ring (bicyclic) bond motifs is 1. The molecule has 1 atom stereocenters. The zero-order valence-electron chi connectivity index (χ0n) is 32.5. The van der Waals surface area contributed by atoms with E-state index in [1.54, 1.807) is 18.3 Å². The number of amides is 2. The Labute approximate surface area is 320 Å². The molecule has 4 aromatic rings. The average molecular weight is 736 g/mol. The Morgan fingerprint density at radius 1 is 1.07 bits per heavy atom. The first kappa shape index (κ1) is 42.9. The first-order valence-corrected chi connectivity index (χ1v) is 18.8. The first-order valence-electron chi connectivity index (χ1n) is 18.8. The van der Waals surface area contributed by atoms with Gasteiger partial charge in [0.25, 0.3) is 0 Å². The number of carbonyl (C=O) groups excluding carboxylic acids is 3. The zero-order valence-corrected chi connectivity index (χ0v) is 32.5. The Balaban J connectivity index is 0.000000293.